The molecular weight excluding hydrogens is 382 g/mol. The zero-order valence-corrected chi connectivity index (χ0v) is 18.7. The number of phenols is 1. The first-order chi connectivity index (χ1) is 13.7. The third-order valence-electron chi connectivity index (χ3n) is 5.78. The number of rotatable bonds is 7. The average molecular weight is 416 g/mol. The molecule has 0 radical (unpaired) electrons. The summed E-state index contributed by atoms with van der Waals surface area (Å²) in [6.45, 7) is 7.52. The lowest BCUT2D eigenvalue weighted by molar-refractivity contribution is 0.218. The van der Waals surface area contributed by atoms with Gasteiger partial charge >= 0.3 is 0 Å². The van der Waals surface area contributed by atoms with Gasteiger partial charge < -0.3 is 9.84 Å². The highest BCUT2D eigenvalue weighted by Gasteiger charge is 2.15. The van der Waals surface area contributed by atoms with Crippen molar-refractivity contribution in [1.82, 2.24) is 4.90 Å². The molecule has 0 aromatic heterocycles. The van der Waals surface area contributed by atoms with E-state index in [4.69, 9.17) is 4.74 Å². The SMILES string of the molecule is CC/C(=C(\CC)c1ccc(O)c(CN2CCCCC2)c1)c1ccc(OC)cc1.Cl. The van der Waals surface area contributed by atoms with E-state index in [1.54, 1.807) is 7.11 Å². The molecule has 1 aliphatic heterocycles. The number of halogens is 1. The lowest BCUT2D eigenvalue weighted by Gasteiger charge is -2.27. The Morgan fingerprint density at radius 1 is 0.897 bits per heavy atom. The van der Waals surface area contributed by atoms with Crippen LogP contribution in [0, 0.1) is 0 Å². The molecule has 2 aromatic rings. The van der Waals surface area contributed by atoms with E-state index in [1.807, 2.05) is 18.2 Å². The molecule has 0 amide bonds. The lowest BCUT2D eigenvalue weighted by Crippen LogP contribution is -2.29. The van der Waals surface area contributed by atoms with Gasteiger partial charge in [0, 0.05) is 12.1 Å². The van der Waals surface area contributed by atoms with Gasteiger partial charge in [0.2, 0.25) is 0 Å². The molecule has 4 heteroatoms. The lowest BCUT2D eigenvalue weighted by atomic mass is 9.90. The van der Waals surface area contributed by atoms with E-state index in [9.17, 15) is 5.11 Å². The monoisotopic (exact) mass is 415 g/mol. The van der Waals surface area contributed by atoms with Crippen LogP contribution in [0.1, 0.15) is 62.6 Å². The molecule has 29 heavy (non-hydrogen) atoms. The normalized spacial score (nSPS) is 15.4. The van der Waals surface area contributed by atoms with Crippen molar-refractivity contribution in [1.29, 1.82) is 0 Å². The third kappa shape index (κ3) is 5.77. The van der Waals surface area contributed by atoms with Crippen molar-refractivity contribution in [2.75, 3.05) is 20.2 Å². The minimum Gasteiger partial charge on any atom is -0.508 e. The Hall–Kier alpha value is -1.97. The minimum absolute atomic E-state index is 0. The van der Waals surface area contributed by atoms with Gasteiger partial charge in [-0.25, -0.2) is 0 Å². The molecule has 0 atom stereocenters. The molecule has 1 fully saturated rings. The molecule has 1 N–H and O–H groups in total. The van der Waals surface area contributed by atoms with Crippen LogP contribution in [-0.4, -0.2) is 30.2 Å². The number of likely N-dealkylation sites (tertiary alicyclic amines) is 1. The molecule has 3 rings (SSSR count). The summed E-state index contributed by atoms with van der Waals surface area (Å²) in [5.74, 6) is 1.29. The van der Waals surface area contributed by atoms with Crippen molar-refractivity contribution >= 4 is 23.6 Å². The summed E-state index contributed by atoms with van der Waals surface area (Å²) < 4.78 is 5.31. The second-order valence-corrected chi connectivity index (χ2v) is 7.57. The summed E-state index contributed by atoms with van der Waals surface area (Å²) in [4.78, 5) is 2.46. The van der Waals surface area contributed by atoms with Crippen LogP contribution in [0.4, 0.5) is 0 Å². The molecule has 0 aliphatic carbocycles. The number of allylic oxidation sites excluding steroid dienone is 2. The molecule has 0 saturated carbocycles. The largest absolute Gasteiger partial charge is 0.508 e. The van der Waals surface area contributed by atoms with E-state index < -0.39 is 0 Å². The van der Waals surface area contributed by atoms with Crippen molar-refractivity contribution in [3.05, 3.63) is 59.2 Å². The van der Waals surface area contributed by atoms with Crippen LogP contribution in [0.15, 0.2) is 42.5 Å². The minimum atomic E-state index is 0. The van der Waals surface area contributed by atoms with E-state index in [1.165, 1.54) is 41.5 Å². The van der Waals surface area contributed by atoms with Crippen LogP contribution in [0.25, 0.3) is 11.1 Å². The van der Waals surface area contributed by atoms with Gasteiger partial charge in [-0.1, -0.05) is 38.5 Å². The van der Waals surface area contributed by atoms with Crippen LogP contribution in [-0.2, 0) is 6.54 Å². The van der Waals surface area contributed by atoms with Gasteiger partial charge in [-0.05, 0) is 85.3 Å². The van der Waals surface area contributed by atoms with Crippen LogP contribution < -0.4 is 4.74 Å². The topological polar surface area (TPSA) is 32.7 Å². The van der Waals surface area contributed by atoms with Crippen molar-refractivity contribution in [3.63, 3.8) is 0 Å². The number of methoxy groups -OCH3 is 1. The fourth-order valence-electron chi connectivity index (χ4n) is 4.23. The smallest absolute Gasteiger partial charge is 0.120 e. The molecule has 0 spiro atoms. The highest BCUT2D eigenvalue weighted by Crippen LogP contribution is 2.34. The van der Waals surface area contributed by atoms with Crippen LogP contribution in [0.5, 0.6) is 11.5 Å². The number of benzene rings is 2. The summed E-state index contributed by atoms with van der Waals surface area (Å²) in [6, 6.07) is 14.5. The van der Waals surface area contributed by atoms with E-state index in [2.05, 4.69) is 43.0 Å². The zero-order chi connectivity index (χ0) is 19.9. The third-order valence-corrected chi connectivity index (χ3v) is 5.78. The van der Waals surface area contributed by atoms with E-state index in [-0.39, 0.29) is 12.4 Å². The van der Waals surface area contributed by atoms with E-state index in [0.717, 1.165) is 43.8 Å². The average Bonchev–Trinajstić information content (AvgIpc) is 2.74. The molecule has 0 unspecified atom stereocenters. The van der Waals surface area contributed by atoms with E-state index >= 15 is 0 Å². The Morgan fingerprint density at radius 3 is 2.07 bits per heavy atom. The standard InChI is InChI=1S/C25H33NO2.ClH/c1-4-23(19-9-12-22(28-3)13-10-19)24(5-2)20-11-14-25(27)21(17-20)18-26-15-7-6-8-16-26;/h9-14,17,27H,4-8,15-16,18H2,1-3H3;1H/b24-23-;. The fourth-order valence-corrected chi connectivity index (χ4v) is 4.23. The Balaban J connectivity index is 0.00000300. The summed E-state index contributed by atoms with van der Waals surface area (Å²) in [7, 11) is 1.70. The number of nitrogens with zero attached hydrogens (tertiary/aromatic N) is 1. The van der Waals surface area contributed by atoms with Crippen molar-refractivity contribution < 1.29 is 9.84 Å². The van der Waals surface area contributed by atoms with Gasteiger partial charge in [0.15, 0.2) is 0 Å². The number of hydrogen-bond donors (Lipinski definition) is 1. The van der Waals surface area contributed by atoms with Gasteiger partial charge in [-0.15, -0.1) is 12.4 Å². The highest BCUT2D eigenvalue weighted by molar-refractivity contribution is 5.91. The highest BCUT2D eigenvalue weighted by atomic mass is 35.5. The molecule has 1 aliphatic rings. The van der Waals surface area contributed by atoms with Crippen molar-refractivity contribution in [2.45, 2.75) is 52.5 Å². The van der Waals surface area contributed by atoms with Gasteiger partial charge in [0.1, 0.15) is 11.5 Å². The maximum Gasteiger partial charge on any atom is 0.120 e. The summed E-state index contributed by atoms with van der Waals surface area (Å²) in [5.41, 5.74) is 6.22. The van der Waals surface area contributed by atoms with Gasteiger partial charge in [-0.3, -0.25) is 4.90 Å². The van der Waals surface area contributed by atoms with Gasteiger partial charge in [0.05, 0.1) is 7.11 Å². The molecule has 158 valence electrons. The number of phenolic OH excluding ortho intramolecular Hbond substituents is 1. The van der Waals surface area contributed by atoms with Crippen molar-refractivity contribution in [3.8, 4) is 11.5 Å². The maximum absolute atomic E-state index is 10.4. The first-order valence-electron chi connectivity index (χ1n) is 10.6. The first-order valence-corrected chi connectivity index (χ1v) is 10.6. The molecule has 0 bridgehead atoms. The van der Waals surface area contributed by atoms with Crippen LogP contribution >= 0.6 is 12.4 Å². The van der Waals surface area contributed by atoms with Crippen LogP contribution in [0.2, 0.25) is 0 Å². The Bertz CT molecular complexity index is 808. The Morgan fingerprint density at radius 2 is 1.48 bits per heavy atom. The second kappa shape index (κ2) is 11.3. The van der Waals surface area contributed by atoms with Gasteiger partial charge in [-0.2, -0.15) is 0 Å². The predicted molar refractivity (Wildman–Crippen MR) is 125 cm³/mol. The van der Waals surface area contributed by atoms with E-state index in [0.29, 0.717) is 5.75 Å². The zero-order valence-electron chi connectivity index (χ0n) is 17.9. The maximum atomic E-state index is 10.4. The molecule has 3 nitrogen and oxygen atoms in total. The predicted octanol–water partition coefficient (Wildman–Crippen LogP) is 6.54. The summed E-state index contributed by atoms with van der Waals surface area (Å²) in [5, 5.41) is 10.4. The molecule has 1 saturated heterocycles. The Labute approximate surface area is 181 Å². The number of aromatic hydroxyl groups is 1. The van der Waals surface area contributed by atoms with Crippen molar-refractivity contribution in [2.24, 2.45) is 0 Å². The molecular formula is C25H34ClNO2. The summed E-state index contributed by atoms with van der Waals surface area (Å²) in [6.07, 6.45) is 5.78. The quantitative estimate of drug-likeness (QED) is 0.521. The Kier molecular flexibility index (Phi) is 9.06. The first kappa shape index (κ1) is 23.3. The number of hydrogen-bond acceptors (Lipinski definition) is 3. The van der Waals surface area contributed by atoms with Gasteiger partial charge in [0.25, 0.3) is 0 Å². The molecule has 2 aromatic carbocycles. The molecule has 1 heterocycles. The number of ether oxygens (including phenoxy) is 1. The fraction of sp³-hybridized carbons (Fsp3) is 0.440. The summed E-state index contributed by atoms with van der Waals surface area (Å²) >= 11 is 0. The number of piperidine rings is 1. The van der Waals surface area contributed by atoms with Crippen LogP contribution in [0.3, 0.4) is 0 Å². The second-order valence-electron chi connectivity index (χ2n) is 7.57.